The van der Waals surface area contributed by atoms with Gasteiger partial charge in [0.05, 0.1) is 19.2 Å². The van der Waals surface area contributed by atoms with Crippen molar-refractivity contribution in [2.75, 3.05) is 63.6 Å². The van der Waals surface area contributed by atoms with Crippen molar-refractivity contribution in [2.24, 2.45) is 0 Å². The third-order valence-electron chi connectivity index (χ3n) is 7.40. The molecule has 1 heterocycles. The maximum absolute atomic E-state index is 12.9. The number of benzene rings is 2. The quantitative estimate of drug-likeness (QED) is 0.249. The number of hydrogen-bond acceptors (Lipinski definition) is 8. The molecule has 3 amide bonds. The molecular formula is C32H43N7O5. The van der Waals surface area contributed by atoms with E-state index >= 15 is 0 Å². The maximum atomic E-state index is 12.9. The summed E-state index contributed by atoms with van der Waals surface area (Å²) in [5, 5.41) is 13.2. The number of aromatic nitrogens is 2. The van der Waals surface area contributed by atoms with Crippen LogP contribution in [0.5, 0.6) is 5.75 Å². The summed E-state index contributed by atoms with van der Waals surface area (Å²) in [6.45, 7) is 12.6. The van der Waals surface area contributed by atoms with Crippen LogP contribution in [0.4, 0.5) is 27.9 Å². The number of nitrogens with one attached hydrogen (secondary N) is 1. The van der Waals surface area contributed by atoms with Gasteiger partial charge in [0.2, 0.25) is 11.9 Å². The van der Waals surface area contributed by atoms with E-state index in [0.29, 0.717) is 36.4 Å². The van der Waals surface area contributed by atoms with E-state index in [1.165, 1.54) is 19.4 Å². The van der Waals surface area contributed by atoms with Crippen LogP contribution in [0.2, 0.25) is 0 Å². The number of methoxy groups -OCH3 is 1. The Morgan fingerprint density at radius 3 is 2.18 bits per heavy atom. The summed E-state index contributed by atoms with van der Waals surface area (Å²) < 4.78 is 5.52. The number of carbonyl (C=O) groups is 3. The van der Waals surface area contributed by atoms with Gasteiger partial charge < -0.3 is 29.9 Å². The molecule has 0 fully saturated rings. The fourth-order valence-electron chi connectivity index (χ4n) is 4.72. The van der Waals surface area contributed by atoms with Gasteiger partial charge in [0.25, 0.3) is 5.91 Å². The van der Waals surface area contributed by atoms with Gasteiger partial charge in [-0.3, -0.25) is 9.59 Å². The van der Waals surface area contributed by atoms with Crippen molar-refractivity contribution in [2.45, 2.75) is 34.1 Å². The molecule has 0 atom stereocenters. The molecule has 0 spiro atoms. The number of nitrogens with zero attached hydrogens (tertiary/aromatic N) is 6. The number of anilines is 4. The minimum atomic E-state index is -1.27. The van der Waals surface area contributed by atoms with E-state index in [2.05, 4.69) is 34.0 Å². The average Bonchev–Trinajstić information content (AvgIpc) is 3.02. The Bertz CT molecular complexity index is 1410. The number of amides is 3. The highest BCUT2D eigenvalue weighted by Crippen LogP contribution is 2.34. The topological polar surface area (TPSA) is 131 Å². The molecule has 0 radical (unpaired) electrons. The first-order valence-electron chi connectivity index (χ1n) is 14.8. The Labute approximate surface area is 259 Å². The molecule has 12 nitrogen and oxygen atoms in total. The van der Waals surface area contributed by atoms with Gasteiger partial charge in [-0.05, 0) is 68.9 Å². The molecule has 0 saturated carbocycles. The number of likely N-dealkylation sites (N-methyl/N-ethyl adjacent to an activating group) is 3. The van der Waals surface area contributed by atoms with Crippen LogP contribution in [-0.2, 0) is 11.2 Å². The lowest BCUT2D eigenvalue weighted by Gasteiger charge is -2.23. The van der Waals surface area contributed by atoms with E-state index < -0.39 is 6.09 Å². The van der Waals surface area contributed by atoms with Crippen molar-refractivity contribution in [3.8, 4) is 5.75 Å². The first kappa shape index (κ1) is 33.8. The van der Waals surface area contributed by atoms with Gasteiger partial charge >= 0.3 is 6.09 Å². The van der Waals surface area contributed by atoms with E-state index in [0.717, 1.165) is 24.5 Å². The molecule has 0 saturated heterocycles. The van der Waals surface area contributed by atoms with Crippen LogP contribution in [0.15, 0.2) is 54.7 Å². The molecule has 2 N–H and O–H groups in total. The maximum Gasteiger partial charge on any atom is 0.417 e. The van der Waals surface area contributed by atoms with Crippen LogP contribution in [0, 0.1) is 0 Å². The van der Waals surface area contributed by atoms with Crippen LogP contribution in [-0.4, -0.2) is 101 Å². The number of rotatable bonds is 15. The molecule has 0 aliphatic heterocycles. The monoisotopic (exact) mass is 605 g/mol. The van der Waals surface area contributed by atoms with Crippen molar-refractivity contribution >= 4 is 41.0 Å². The molecule has 2 aromatic carbocycles. The Morgan fingerprint density at radius 2 is 1.59 bits per heavy atom. The lowest BCUT2D eigenvalue weighted by molar-refractivity contribution is -0.130. The van der Waals surface area contributed by atoms with Gasteiger partial charge in [0, 0.05) is 56.7 Å². The molecule has 0 unspecified atom stereocenters. The Kier molecular flexibility index (Phi) is 12.5. The number of carbonyl (C=O) groups excluding carboxylic acids is 2. The second kappa shape index (κ2) is 16.2. The lowest BCUT2D eigenvalue weighted by atomic mass is 10.1. The van der Waals surface area contributed by atoms with Crippen LogP contribution in [0.3, 0.4) is 0 Å². The standard InChI is InChI=1S/C32H43N7O5/c1-7-37(8-2)20-19-36(5)30(41)24-12-14-25(15-13-24)34-31-33-18-17-28(35-31)39(32(42)43)26-16-11-23(21-27(26)44-6)22-29(40)38(9-3)10-4/h11-18,21H,7-10,19-20,22H2,1-6H3,(H,42,43)(H,33,34,35). The average molecular weight is 606 g/mol. The molecule has 0 bridgehead atoms. The van der Waals surface area contributed by atoms with Crippen molar-refractivity contribution < 1.29 is 24.2 Å². The summed E-state index contributed by atoms with van der Waals surface area (Å²) >= 11 is 0. The minimum Gasteiger partial charge on any atom is -0.495 e. The Hall–Kier alpha value is -4.71. The SMILES string of the molecule is CCN(CC)CCN(C)C(=O)c1ccc(Nc2nccc(N(C(=O)O)c3ccc(CC(=O)N(CC)CC)cc3OC)n2)cc1. The van der Waals surface area contributed by atoms with Gasteiger partial charge in [-0.15, -0.1) is 0 Å². The first-order chi connectivity index (χ1) is 21.1. The van der Waals surface area contributed by atoms with Crippen molar-refractivity contribution in [3.63, 3.8) is 0 Å². The summed E-state index contributed by atoms with van der Waals surface area (Å²) in [7, 11) is 3.24. The third kappa shape index (κ3) is 8.66. The van der Waals surface area contributed by atoms with Gasteiger partial charge in [0.1, 0.15) is 11.6 Å². The van der Waals surface area contributed by atoms with Crippen molar-refractivity contribution in [3.05, 3.63) is 65.9 Å². The third-order valence-corrected chi connectivity index (χ3v) is 7.40. The van der Waals surface area contributed by atoms with Gasteiger partial charge in [-0.1, -0.05) is 19.9 Å². The zero-order valence-electron chi connectivity index (χ0n) is 26.4. The second-order valence-electron chi connectivity index (χ2n) is 10.1. The molecule has 44 heavy (non-hydrogen) atoms. The van der Waals surface area contributed by atoms with E-state index in [1.54, 1.807) is 59.3 Å². The van der Waals surface area contributed by atoms with E-state index in [4.69, 9.17) is 4.74 Å². The summed E-state index contributed by atoms with van der Waals surface area (Å²) in [4.78, 5) is 53.3. The van der Waals surface area contributed by atoms with Crippen molar-refractivity contribution in [1.29, 1.82) is 0 Å². The Balaban J connectivity index is 1.77. The molecular weight excluding hydrogens is 562 g/mol. The Morgan fingerprint density at radius 1 is 0.909 bits per heavy atom. The second-order valence-corrected chi connectivity index (χ2v) is 10.1. The lowest BCUT2D eigenvalue weighted by Crippen LogP contribution is -2.36. The molecule has 3 rings (SSSR count). The van der Waals surface area contributed by atoms with E-state index in [9.17, 15) is 19.5 Å². The fourth-order valence-corrected chi connectivity index (χ4v) is 4.72. The van der Waals surface area contributed by atoms with Crippen LogP contribution < -0.4 is 15.0 Å². The highest BCUT2D eigenvalue weighted by molar-refractivity contribution is 5.96. The highest BCUT2D eigenvalue weighted by Gasteiger charge is 2.24. The van der Waals surface area contributed by atoms with E-state index in [1.807, 2.05) is 13.8 Å². The normalized spacial score (nSPS) is 10.8. The van der Waals surface area contributed by atoms with Gasteiger partial charge in [-0.25, -0.2) is 14.7 Å². The van der Waals surface area contributed by atoms with Crippen LogP contribution >= 0.6 is 0 Å². The van der Waals surface area contributed by atoms with Crippen LogP contribution in [0.1, 0.15) is 43.6 Å². The molecule has 0 aliphatic rings. The predicted octanol–water partition coefficient (Wildman–Crippen LogP) is 4.87. The summed E-state index contributed by atoms with van der Waals surface area (Å²) in [6.07, 6.45) is 0.351. The first-order valence-corrected chi connectivity index (χ1v) is 14.8. The van der Waals surface area contributed by atoms with E-state index in [-0.39, 0.29) is 41.4 Å². The summed E-state index contributed by atoms with van der Waals surface area (Å²) in [5.41, 5.74) is 2.14. The number of hydrogen-bond donors (Lipinski definition) is 2. The molecule has 236 valence electrons. The van der Waals surface area contributed by atoms with Crippen LogP contribution in [0.25, 0.3) is 0 Å². The molecule has 1 aromatic heterocycles. The zero-order valence-corrected chi connectivity index (χ0v) is 26.4. The fraction of sp³-hybridized carbons (Fsp3) is 0.406. The highest BCUT2D eigenvalue weighted by atomic mass is 16.5. The van der Waals surface area contributed by atoms with Crippen molar-refractivity contribution in [1.82, 2.24) is 24.7 Å². The zero-order chi connectivity index (χ0) is 32.2. The van der Waals surface area contributed by atoms with Gasteiger partial charge in [-0.2, -0.15) is 4.98 Å². The summed E-state index contributed by atoms with van der Waals surface area (Å²) in [6, 6.07) is 13.4. The van der Waals surface area contributed by atoms with Gasteiger partial charge in [0.15, 0.2) is 0 Å². The number of carboxylic acid groups (broad SMARTS) is 1. The number of ether oxygens (including phenoxy) is 1. The molecule has 12 heteroatoms. The summed E-state index contributed by atoms with van der Waals surface area (Å²) in [5.74, 6) is 0.460. The molecule has 3 aromatic rings. The molecule has 0 aliphatic carbocycles. The largest absolute Gasteiger partial charge is 0.495 e. The smallest absolute Gasteiger partial charge is 0.417 e. The predicted molar refractivity (Wildman–Crippen MR) is 171 cm³/mol. The minimum absolute atomic E-state index is 0.0221.